The Labute approximate surface area is 154 Å². The van der Waals surface area contributed by atoms with Crippen LogP contribution in [-0.2, 0) is 0 Å². The number of pyridine rings is 1. The van der Waals surface area contributed by atoms with Crippen LogP contribution < -0.4 is 10.1 Å². The smallest absolute Gasteiger partial charge is 0.335 e. The topological polar surface area (TPSA) is 84.3 Å². The van der Waals surface area contributed by atoms with Gasteiger partial charge in [-0.2, -0.15) is 0 Å². The Hall–Kier alpha value is -2.64. The van der Waals surface area contributed by atoms with Crippen molar-refractivity contribution >= 4 is 40.7 Å². The van der Waals surface area contributed by atoms with E-state index in [1.807, 2.05) is 19.2 Å². The number of aromatic carboxylic acids is 1. The number of carboxylic acid groups (broad SMARTS) is 1. The second kappa shape index (κ2) is 7.96. The van der Waals surface area contributed by atoms with Gasteiger partial charge in [-0.1, -0.05) is 6.07 Å². The SMILES string of the molecule is Cc1csc(Nc2cc(Oc3cc(C(=O)O)ccc3C)ccn2)n1.Cl. The molecule has 3 rings (SSSR count). The van der Waals surface area contributed by atoms with E-state index in [-0.39, 0.29) is 18.0 Å². The lowest BCUT2D eigenvalue weighted by Gasteiger charge is -2.10. The second-order valence-corrected chi connectivity index (χ2v) is 6.04. The zero-order valence-corrected chi connectivity index (χ0v) is 15.1. The van der Waals surface area contributed by atoms with Crippen LogP contribution in [0.15, 0.2) is 41.9 Å². The lowest BCUT2D eigenvalue weighted by Crippen LogP contribution is -1.98. The average molecular weight is 378 g/mol. The summed E-state index contributed by atoms with van der Waals surface area (Å²) in [5, 5.41) is 14.9. The van der Waals surface area contributed by atoms with Crippen molar-refractivity contribution in [1.29, 1.82) is 0 Å². The highest BCUT2D eigenvalue weighted by Gasteiger charge is 2.09. The molecule has 0 radical (unpaired) electrons. The molecule has 0 saturated heterocycles. The fraction of sp³-hybridized carbons (Fsp3) is 0.118. The lowest BCUT2D eigenvalue weighted by molar-refractivity contribution is 0.0696. The molecule has 8 heteroatoms. The predicted octanol–water partition coefficient (Wildman–Crippen LogP) is 4.81. The molecule has 2 aromatic heterocycles. The highest BCUT2D eigenvalue weighted by Crippen LogP contribution is 2.28. The van der Waals surface area contributed by atoms with E-state index in [2.05, 4.69) is 15.3 Å². The summed E-state index contributed by atoms with van der Waals surface area (Å²) in [5.74, 6) is 0.675. The maximum absolute atomic E-state index is 11.1. The highest BCUT2D eigenvalue weighted by atomic mass is 35.5. The molecular formula is C17H16ClN3O3S. The largest absolute Gasteiger partial charge is 0.478 e. The van der Waals surface area contributed by atoms with Crippen LogP contribution in [-0.4, -0.2) is 21.0 Å². The van der Waals surface area contributed by atoms with Crippen molar-refractivity contribution in [3.8, 4) is 11.5 Å². The molecule has 0 saturated carbocycles. The van der Waals surface area contributed by atoms with Gasteiger partial charge >= 0.3 is 5.97 Å². The van der Waals surface area contributed by atoms with Crippen molar-refractivity contribution in [2.45, 2.75) is 13.8 Å². The van der Waals surface area contributed by atoms with Crippen molar-refractivity contribution < 1.29 is 14.6 Å². The van der Waals surface area contributed by atoms with Crippen LogP contribution in [0.4, 0.5) is 10.9 Å². The van der Waals surface area contributed by atoms with Crippen LogP contribution >= 0.6 is 23.7 Å². The standard InChI is InChI=1S/C17H15N3O3S.ClH/c1-10-3-4-12(16(21)22)7-14(10)23-13-5-6-18-15(8-13)20-17-19-11(2)9-24-17;/h3-9H,1-2H3,(H,21,22)(H,18,19,20);1H. The van der Waals surface area contributed by atoms with E-state index >= 15 is 0 Å². The molecule has 0 amide bonds. The van der Waals surface area contributed by atoms with Gasteiger partial charge in [0, 0.05) is 17.6 Å². The van der Waals surface area contributed by atoms with E-state index < -0.39 is 5.97 Å². The molecule has 6 nitrogen and oxygen atoms in total. The van der Waals surface area contributed by atoms with Crippen LogP contribution in [0.2, 0.25) is 0 Å². The molecule has 0 aliphatic rings. The van der Waals surface area contributed by atoms with E-state index in [1.165, 1.54) is 17.4 Å². The molecule has 130 valence electrons. The Balaban J connectivity index is 0.00000225. The minimum Gasteiger partial charge on any atom is -0.478 e. The third-order valence-corrected chi connectivity index (χ3v) is 4.12. The number of anilines is 2. The van der Waals surface area contributed by atoms with E-state index in [0.717, 1.165) is 16.4 Å². The zero-order chi connectivity index (χ0) is 17.1. The highest BCUT2D eigenvalue weighted by molar-refractivity contribution is 7.13. The number of carboxylic acids is 1. The number of halogens is 1. The first-order valence-electron chi connectivity index (χ1n) is 7.18. The Bertz CT molecular complexity index is 898. The van der Waals surface area contributed by atoms with Gasteiger partial charge in [0.1, 0.15) is 17.3 Å². The molecule has 0 unspecified atom stereocenters. The van der Waals surface area contributed by atoms with Crippen molar-refractivity contribution in [1.82, 2.24) is 9.97 Å². The van der Waals surface area contributed by atoms with Gasteiger partial charge in [0.25, 0.3) is 0 Å². The van der Waals surface area contributed by atoms with Crippen LogP contribution in [0.25, 0.3) is 0 Å². The third kappa shape index (κ3) is 4.68. The van der Waals surface area contributed by atoms with Gasteiger partial charge in [-0.3, -0.25) is 0 Å². The summed E-state index contributed by atoms with van der Waals surface area (Å²) in [4.78, 5) is 19.7. The van der Waals surface area contributed by atoms with Gasteiger partial charge in [0.15, 0.2) is 5.13 Å². The molecular weight excluding hydrogens is 362 g/mol. The zero-order valence-electron chi connectivity index (χ0n) is 13.5. The van der Waals surface area contributed by atoms with Gasteiger partial charge in [0.2, 0.25) is 0 Å². The number of hydrogen-bond acceptors (Lipinski definition) is 6. The molecule has 25 heavy (non-hydrogen) atoms. The molecule has 3 aromatic rings. The summed E-state index contributed by atoms with van der Waals surface area (Å²) >= 11 is 1.49. The molecule has 2 heterocycles. The fourth-order valence-corrected chi connectivity index (χ4v) is 2.73. The van der Waals surface area contributed by atoms with Gasteiger partial charge < -0.3 is 15.2 Å². The molecule has 0 atom stereocenters. The molecule has 2 N–H and O–H groups in total. The number of thiazole rings is 1. The number of benzene rings is 1. The monoisotopic (exact) mass is 377 g/mol. The van der Waals surface area contributed by atoms with Crippen LogP contribution in [0, 0.1) is 13.8 Å². The number of hydrogen-bond donors (Lipinski definition) is 2. The maximum atomic E-state index is 11.1. The summed E-state index contributed by atoms with van der Waals surface area (Å²) in [6.45, 7) is 3.78. The summed E-state index contributed by atoms with van der Waals surface area (Å²) in [6, 6.07) is 8.23. The molecule has 0 aliphatic heterocycles. The van der Waals surface area contributed by atoms with Crippen LogP contribution in [0.3, 0.4) is 0 Å². The van der Waals surface area contributed by atoms with E-state index in [1.54, 1.807) is 30.5 Å². The Morgan fingerprint density at radius 1 is 1.24 bits per heavy atom. The average Bonchev–Trinajstić information content (AvgIpc) is 2.94. The van der Waals surface area contributed by atoms with Gasteiger partial charge in [-0.15, -0.1) is 23.7 Å². The molecule has 0 bridgehead atoms. The van der Waals surface area contributed by atoms with E-state index in [4.69, 9.17) is 9.84 Å². The Kier molecular flexibility index (Phi) is 5.95. The number of rotatable bonds is 5. The number of aromatic nitrogens is 2. The van der Waals surface area contributed by atoms with Crippen molar-refractivity contribution in [3.63, 3.8) is 0 Å². The van der Waals surface area contributed by atoms with E-state index in [9.17, 15) is 4.79 Å². The van der Waals surface area contributed by atoms with Gasteiger partial charge in [-0.25, -0.2) is 14.8 Å². The quantitative estimate of drug-likeness (QED) is 0.663. The van der Waals surface area contributed by atoms with Crippen molar-refractivity contribution in [3.05, 3.63) is 58.7 Å². The molecule has 0 fully saturated rings. The summed E-state index contributed by atoms with van der Waals surface area (Å²) in [6.07, 6.45) is 1.62. The minimum atomic E-state index is -0.990. The third-order valence-electron chi connectivity index (χ3n) is 3.25. The number of nitrogens with zero attached hydrogens (tertiary/aromatic N) is 2. The van der Waals surface area contributed by atoms with E-state index in [0.29, 0.717) is 17.3 Å². The normalized spacial score (nSPS) is 10.0. The van der Waals surface area contributed by atoms with Crippen molar-refractivity contribution in [2.75, 3.05) is 5.32 Å². The lowest BCUT2D eigenvalue weighted by atomic mass is 10.1. The minimum absolute atomic E-state index is 0. The van der Waals surface area contributed by atoms with Crippen LogP contribution in [0.1, 0.15) is 21.6 Å². The number of carbonyl (C=O) groups is 1. The predicted molar refractivity (Wildman–Crippen MR) is 99.8 cm³/mol. The molecule has 0 aliphatic carbocycles. The maximum Gasteiger partial charge on any atom is 0.335 e. The Morgan fingerprint density at radius 3 is 2.72 bits per heavy atom. The van der Waals surface area contributed by atoms with Crippen LogP contribution in [0.5, 0.6) is 11.5 Å². The first-order valence-corrected chi connectivity index (χ1v) is 8.06. The first kappa shape index (κ1) is 18.7. The number of nitrogens with one attached hydrogen (secondary N) is 1. The summed E-state index contributed by atoms with van der Waals surface area (Å²) in [7, 11) is 0. The number of ether oxygens (including phenoxy) is 1. The van der Waals surface area contributed by atoms with Gasteiger partial charge in [0.05, 0.1) is 11.3 Å². The summed E-state index contributed by atoms with van der Waals surface area (Å²) < 4.78 is 5.82. The summed E-state index contributed by atoms with van der Waals surface area (Å²) in [5.41, 5.74) is 1.97. The Morgan fingerprint density at radius 2 is 2.04 bits per heavy atom. The fourth-order valence-electron chi connectivity index (χ4n) is 2.03. The molecule has 1 aromatic carbocycles. The van der Waals surface area contributed by atoms with Gasteiger partial charge in [-0.05, 0) is 37.6 Å². The molecule has 0 spiro atoms. The second-order valence-electron chi connectivity index (χ2n) is 5.18. The first-order chi connectivity index (χ1) is 11.5. The number of aryl methyl sites for hydroxylation is 2. The van der Waals surface area contributed by atoms with Crippen molar-refractivity contribution in [2.24, 2.45) is 0 Å².